The highest BCUT2D eigenvalue weighted by Gasteiger charge is 2.05. The van der Waals surface area contributed by atoms with Crippen molar-refractivity contribution in [3.8, 4) is 0 Å². The van der Waals surface area contributed by atoms with Crippen LogP contribution in [0.1, 0.15) is 12.5 Å². The maximum atomic E-state index is 13.2. The molecule has 1 N–H and O–H groups in total. The van der Waals surface area contributed by atoms with Gasteiger partial charge in [0.25, 0.3) is 0 Å². The lowest BCUT2D eigenvalue weighted by Gasteiger charge is -2.15. The second-order valence-electron chi connectivity index (χ2n) is 4.53. The molecule has 0 saturated heterocycles. The number of anilines is 1. The van der Waals surface area contributed by atoms with Gasteiger partial charge in [-0.05, 0) is 49.2 Å². The van der Waals surface area contributed by atoms with E-state index in [1.807, 2.05) is 12.1 Å². The third-order valence-corrected chi connectivity index (χ3v) is 3.48. The van der Waals surface area contributed by atoms with Crippen molar-refractivity contribution >= 4 is 33.2 Å². The Morgan fingerprint density at radius 1 is 1.21 bits per heavy atom. The van der Waals surface area contributed by atoms with Gasteiger partial charge in [-0.15, -0.1) is 0 Å². The number of halogens is 3. The van der Waals surface area contributed by atoms with Gasteiger partial charge < -0.3 is 5.32 Å². The van der Waals surface area contributed by atoms with E-state index in [0.717, 1.165) is 10.9 Å². The van der Waals surface area contributed by atoms with Crippen molar-refractivity contribution in [3.63, 3.8) is 0 Å². The molecule has 0 amide bonds. The Morgan fingerprint density at radius 3 is 2.53 bits per heavy atom. The summed E-state index contributed by atoms with van der Waals surface area (Å²) in [6, 6.07) is 12.8. The third-order valence-electron chi connectivity index (χ3n) is 2.73. The van der Waals surface area contributed by atoms with Gasteiger partial charge in [-0.3, -0.25) is 0 Å². The molecule has 0 saturated carbocycles. The van der Waals surface area contributed by atoms with Crippen LogP contribution in [0.3, 0.4) is 0 Å². The lowest BCUT2D eigenvalue weighted by molar-refractivity contribution is 0.628. The topological polar surface area (TPSA) is 12.0 Å². The van der Waals surface area contributed by atoms with E-state index < -0.39 is 0 Å². The fraction of sp³-hybridized carbons (Fsp3) is 0.200. The fourth-order valence-corrected chi connectivity index (χ4v) is 2.43. The van der Waals surface area contributed by atoms with E-state index in [0.29, 0.717) is 10.7 Å². The van der Waals surface area contributed by atoms with E-state index in [-0.39, 0.29) is 11.9 Å². The summed E-state index contributed by atoms with van der Waals surface area (Å²) in [7, 11) is 0. The Kier molecular flexibility index (Phi) is 4.83. The molecule has 1 unspecified atom stereocenters. The van der Waals surface area contributed by atoms with Gasteiger partial charge in [0.1, 0.15) is 5.82 Å². The minimum Gasteiger partial charge on any atom is -0.382 e. The summed E-state index contributed by atoms with van der Waals surface area (Å²) in [4.78, 5) is 0. The first-order chi connectivity index (χ1) is 9.02. The predicted octanol–water partition coefficient (Wildman–Crippen LogP) is 5.28. The zero-order valence-corrected chi connectivity index (χ0v) is 12.8. The maximum absolute atomic E-state index is 13.2. The van der Waals surface area contributed by atoms with Crippen LogP contribution >= 0.6 is 27.5 Å². The number of nitrogens with one attached hydrogen (secondary N) is 1. The summed E-state index contributed by atoms with van der Waals surface area (Å²) in [5, 5.41) is 3.65. The smallest absolute Gasteiger partial charge is 0.126 e. The van der Waals surface area contributed by atoms with Crippen LogP contribution in [0, 0.1) is 5.82 Å². The first-order valence-corrected chi connectivity index (χ1v) is 7.17. The van der Waals surface area contributed by atoms with Crippen molar-refractivity contribution in [3.05, 3.63) is 63.3 Å². The molecular weight excluding hydrogens is 329 g/mol. The van der Waals surface area contributed by atoms with Gasteiger partial charge >= 0.3 is 0 Å². The molecule has 4 heteroatoms. The Labute approximate surface area is 125 Å². The minimum atomic E-state index is -0.328. The molecule has 0 radical (unpaired) electrons. The molecule has 0 aliphatic rings. The Balaban J connectivity index is 2.00. The van der Waals surface area contributed by atoms with Crippen LogP contribution in [0.25, 0.3) is 0 Å². The van der Waals surface area contributed by atoms with Gasteiger partial charge in [-0.2, -0.15) is 0 Å². The third kappa shape index (κ3) is 4.51. The first-order valence-electron chi connectivity index (χ1n) is 6.00. The van der Waals surface area contributed by atoms with E-state index in [1.165, 1.54) is 17.7 Å². The van der Waals surface area contributed by atoms with Gasteiger partial charge in [0.15, 0.2) is 0 Å². The highest BCUT2D eigenvalue weighted by molar-refractivity contribution is 9.10. The van der Waals surface area contributed by atoms with Crippen LogP contribution in [0.2, 0.25) is 5.02 Å². The summed E-state index contributed by atoms with van der Waals surface area (Å²) in [5.74, 6) is -0.328. The summed E-state index contributed by atoms with van der Waals surface area (Å²) in [6.07, 6.45) is 0.863. The number of hydrogen-bond acceptors (Lipinski definition) is 1. The second kappa shape index (κ2) is 6.40. The van der Waals surface area contributed by atoms with Gasteiger partial charge in [0, 0.05) is 21.2 Å². The van der Waals surface area contributed by atoms with E-state index >= 15 is 0 Å². The molecule has 19 heavy (non-hydrogen) atoms. The quantitative estimate of drug-likeness (QED) is 0.796. The van der Waals surface area contributed by atoms with Crippen LogP contribution in [0.15, 0.2) is 46.9 Å². The molecule has 2 rings (SSSR count). The largest absolute Gasteiger partial charge is 0.382 e. The van der Waals surface area contributed by atoms with Crippen LogP contribution in [0.4, 0.5) is 10.1 Å². The summed E-state index contributed by atoms with van der Waals surface area (Å²) >= 11 is 9.24. The molecule has 0 aromatic heterocycles. The van der Waals surface area contributed by atoms with Crippen LogP contribution in [0.5, 0.6) is 0 Å². The Bertz CT molecular complexity index is 536. The Morgan fingerprint density at radius 2 is 1.89 bits per heavy atom. The zero-order chi connectivity index (χ0) is 13.8. The highest BCUT2D eigenvalue weighted by atomic mass is 79.9. The zero-order valence-electron chi connectivity index (χ0n) is 10.5. The number of hydrogen-bond donors (Lipinski definition) is 1. The number of rotatable bonds is 4. The van der Waals surface area contributed by atoms with Gasteiger partial charge in [-0.25, -0.2) is 4.39 Å². The van der Waals surface area contributed by atoms with Crippen molar-refractivity contribution < 1.29 is 4.39 Å². The van der Waals surface area contributed by atoms with E-state index in [9.17, 15) is 4.39 Å². The predicted molar refractivity (Wildman–Crippen MR) is 82.3 cm³/mol. The van der Waals surface area contributed by atoms with Crippen molar-refractivity contribution in [2.24, 2.45) is 0 Å². The molecule has 1 nitrogen and oxygen atoms in total. The van der Waals surface area contributed by atoms with E-state index in [4.69, 9.17) is 11.6 Å². The molecule has 0 aliphatic heterocycles. The lowest BCUT2D eigenvalue weighted by atomic mass is 10.1. The lowest BCUT2D eigenvalue weighted by Crippen LogP contribution is -2.18. The molecule has 0 heterocycles. The molecule has 0 spiro atoms. The molecular formula is C15H14BrClFN. The molecule has 2 aromatic carbocycles. The number of benzene rings is 2. The van der Waals surface area contributed by atoms with Crippen molar-refractivity contribution in [1.29, 1.82) is 0 Å². The SMILES string of the molecule is CC(Cc1ccc(Br)cc1)Nc1cc(F)cc(Cl)c1. The van der Waals surface area contributed by atoms with E-state index in [2.05, 4.69) is 40.3 Å². The first kappa shape index (κ1) is 14.4. The highest BCUT2D eigenvalue weighted by Crippen LogP contribution is 2.20. The average Bonchev–Trinajstić information content (AvgIpc) is 2.30. The average molecular weight is 343 g/mol. The van der Waals surface area contributed by atoms with Crippen molar-refractivity contribution in [1.82, 2.24) is 0 Å². The molecule has 0 fully saturated rings. The van der Waals surface area contributed by atoms with Crippen molar-refractivity contribution in [2.75, 3.05) is 5.32 Å². The van der Waals surface area contributed by atoms with Gasteiger partial charge in [0.2, 0.25) is 0 Å². The van der Waals surface area contributed by atoms with Gasteiger partial charge in [-0.1, -0.05) is 39.7 Å². The summed E-state index contributed by atoms with van der Waals surface area (Å²) in [6.45, 7) is 2.06. The molecule has 1 atom stereocenters. The maximum Gasteiger partial charge on any atom is 0.126 e. The molecule has 2 aromatic rings. The molecule has 100 valence electrons. The van der Waals surface area contributed by atoms with Crippen molar-refractivity contribution in [2.45, 2.75) is 19.4 Å². The van der Waals surface area contributed by atoms with E-state index in [1.54, 1.807) is 6.07 Å². The Hall–Kier alpha value is -1.06. The van der Waals surface area contributed by atoms with Gasteiger partial charge in [0.05, 0.1) is 0 Å². The normalized spacial score (nSPS) is 12.2. The monoisotopic (exact) mass is 341 g/mol. The fourth-order valence-electron chi connectivity index (χ4n) is 1.95. The van der Waals surface area contributed by atoms with Crippen LogP contribution < -0.4 is 5.32 Å². The molecule has 0 aliphatic carbocycles. The van der Waals surface area contributed by atoms with Crippen LogP contribution in [-0.4, -0.2) is 6.04 Å². The second-order valence-corrected chi connectivity index (χ2v) is 5.89. The minimum absolute atomic E-state index is 0.194. The summed E-state index contributed by atoms with van der Waals surface area (Å²) in [5.41, 5.74) is 1.93. The standard InChI is InChI=1S/C15H14BrClFN/c1-10(6-11-2-4-12(16)5-3-11)19-15-8-13(17)7-14(18)9-15/h2-5,7-10,19H,6H2,1H3. The van der Waals surface area contributed by atoms with Crippen LogP contribution in [-0.2, 0) is 6.42 Å². The summed E-state index contributed by atoms with van der Waals surface area (Å²) < 4.78 is 14.3. The molecule has 0 bridgehead atoms.